The lowest BCUT2D eigenvalue weighted by Crippen LogP contribution is -2.27. The third kappa shape index (κ3) is 6.92. The van der Waals surface area contributed by atoms with Gasteiger partial charge in [-0.15, -0.1) is 0 Å². The predicted molar refractivity (Wildman–Crippen MR) is 81.5 cm³/mol. The van der Waals surface area contributed by atoms with E-state index in [9.17, 15) is 9.90 Å². The summed E-state index contributed by atoms with van der Waals surface area (Å²) in [6.45, 7) is 10.2. The van der Waals surface area contributed by atoms with Crippen LogP contribution in [0.25, 0.3) is 0 Å². The van der Waals surface area contributed by atoms with Crippen LogP contribution in [0.4, 0.5) is 5.82 Å². The maximum atomic E-state index is 11.3. The lowest BCUT2D eigenvalue weighted by molar-refractivity contribution is -0.142. The molecule has 118 valence electrons. The average molecular weight is 295 g/mol. The van der Waals surface area contributed by atoms with Crippen molar-refractivity contribution in [2.24, 2.45) is 11.3 Å². The van der Waals surface area contributed by atoms with Crippen molar-refractivity contribution in [3.05, 3.63) is 12.4 Å². The molecular weight excluding hydrogens is 270 g/mol. The van der Waals surface area contributed by atoms with Gasteiger partial charge in [-0.2, -0.15) is 4.98 Å². The van der Waals surface area contributed by atoms with Crippen LogP contribution in [0.2, 0.25) is 0 Å². The van der Waals surface area contributed by atoms with Gasteiger partial charge in [0.25, 0.3) is 0 Å². The smallest absolute Gasteiger partial charge is 0.308 e. The van der Waals surface area contributed by atoms with Gasteiger partial charge in [0.05, 0.1) is 24.4 Å². The first-order valence-electron chi connectivity index (χ1n) is 7.13. The van der Waals surface area contributed by atoms with Crippen molar-refractivity contribution in [1.82, 2.24) is 9.97 Å². The Bertz CT molecular complexity index is 469. The van der Waals surface area contributed by atoms with Gasteiger partial charge in [-0.3, -0.25) is 9.78 Å². The minimum absolute atomic E-state index is 0.0159. The van der Waals surface area contributed by atoms with Crippen LogP contribution in [-0.4, -0.2) is 33.7 Å². The van der Waals surface area contributed by atoms with Gasteiger partial charge in [0, 0.05) is 6.54 Å². The van der Waals surface area contributed by atoms with E-state index in [1.165, 1.54) is 6.20 Å². The number of hydrogen-bond donors (Lipinski definition) is 2. The molecule has 1 heterocycles. The van der Waals surface area contributed by atoms with E-state index in [0.29, 0.717) is 24.7 Å². The molecule has 0 fully saturated rings. The number of aliphatic carboxylic acids is 1. The second-order valence-corrected chi connectivity index (χ2v) is 6.59. The van der Waals surface area contributed by atoms with E-state index >= 15 is 0 Å². The van der Waals surface area contributed by atoms with E-state index in [4.69, 9.17) is 4.74 Å². The fourth-order valence-corrected chi connectivity index (χ4v) is 1.95. The highest BCUT2D eigenvalue weighted by Crippen LogP contribution is 2.25. The Morgan fingerprint density at radius 1 is 1.38 bits per heavy atom. The minimum Gasteiger partial charge on any atom is -0.481 e. The van der Waals surface area contributed by atoms with E-state index < -0.39 is 11.9 Å². The molecule has 0 spiro atoms. The number of hydrogen-bond acceptors (Lipinski definition) is 5. The summed E-state index contributed by atoms with van der Waals surface area (Å²) in [5.74, 6) is -0.326. The second kappa shape index (κ2) is 7.24. The average Bonchev–Trinajstić information content (AvgIpc) is 2.32. The van der Waals surface area contributed by atoms with Crippen molar-refractivity contribution in [2.75, 3.05) is 11.9 Å². The molecule has 1 rings (SSSR count). The zero-order valence-electron chi connectivity index (χ0n) is 13.4. The van der Waals surface area contributed by atoms with Crippen LogP contribution < -0.4 is 10.1 Å². The lowest BCUT2D eigenvalue weighted by Gasteiger charge is -2.23. The SMILES string of the molecule is CC(C)Oc1cncc(NCC(CC(C)(C)C)C(=O)O)n1. The first-order chi connectivity index (χ1) is 9.67. The molecular formula is C15H25N3O3. The third-order valence-electron chi connectivity index (χ3n) is 2.71. The van der Waals surface area contributed by atoms with E-state index in [2.05, 4.69) is 15.3 Å². The van der Waals surface area contributed by atoms with E-state index in [-0.39, 0.29) is 11.5 Å². The molecule has 1 unspecified atom stereocenters. The highest BCUT2D eigenvalue weighted by Gasteiger charge is 2.24. The Morgan fingerprint density at radius 2 is 2.05 bits per heavy atom. The quantitative estimate of drug-likeness (QED) is 0.804. The van der Waals surface area contributed by atoms with Crippen molar-refractivity contribution in [3.63, 3.8) is 0 Å². The molecule has 0 amide bonds. The summed E-state index contributed by atoms with van der Waals surface area (Å²) in [6.07, 6.45) is 3.70. The Kier molecular flexibility index (Phi) is 5.93. The summed E-state index contributed by atoms with van der Waals surface area (Å²) in [5.41, 5.74) is -0.0426. The van der Waals surface area contributed by atoms with Crippen LogP contribution in [0, 0.1) is 11.3 Å². The zero-order valence-corrected chi connectivity index (χ0v) is 13.4. The molecule has 21 heavy (non-hydrogen) atoms. The van der Waals surface area contributed by atoms with Crippen molar-refractivity contribution < 1.29 is 14.6 Å². The van der Waals surface area contributed by atoms with Gasteiger partial charge in [-0.05, 0) is 25.7 Å². The topological polar surface area (TPSA) is 84.3 Å². The molecule has 0 aliphatic rings. The summed E-state index contributed by atoms with van der Waals surface area (Å²) in [5, 5.41) is 12.3. The van der Waals surface area contributed by atoms with Gasteiger partial charge in [0.15, 0.2) is 0 Å². The number of carboxylic acid groups (broad SMARTS) is 1. The Morgan fingerprint density at radius 3 is 2.57 bits per heavy atom. The molecule has 6 nitrogen and oxygen atoms in total. The van der Waals surface area contributed by atoms with E-state index in [0.717, 1.165) is 0 Å². The summed E-state index contributed by atoms with van der Waals surface area (Å²) < 4.78 is 5.46. The Hall–Kier alpha value is -1.85. The number of carbonyl (C=O) groups is 1. The van der Waals surface area contributed by atoms with Gasteiger partial charge in [0.2, 0.25) is 5.88 Å². The first-order valence-corrected chi connectivity index (χ1v) is 7.13. The molecule has 1 aromatic rings. The van der Waals surface area contributed by atoms with Crippen molar-refractivity contribution in [1.29, 1.82) is 0 Å². The molecule has 2 N–H and O–H groups in total. The highest BCUT2D eigenvalue weighted by molar-refractivity contribution is 5.70. The van der Waals surface area contributed by atoms with Gasteiger partial charge < -0.3 is 15.2 Å². The normalized spacial score (nSPS) is 13.0. The predicted octanol–water partition coefficient (Wildman–Crippen LogP) is 2.81. The van der Waals surface area contributed by atoms with Gasteiger partial charge in [0.1, 0.15) is 5.82 Å². The third-order valence-corrected chi connectivity index (χ3v) is 2.71. The van der Waals surface area contributed by atoms with Crippen molar-refractivity contribution >= 4 is 11.8 Å². The van der Waals surface area contributed by atoms with Crippen LogP contribution >= 0.6 is 0 Å². The van der Waals surface area contributed by atoms with Crippen LogP contribution in [-0.2, 0) is 4.79 Å². The molecule has 0 aromatic carbocycles. The fourth-order valence-electron chi connectivity index (χ4n) is 1.95. The maximum absolute atomic E-state index is 11.3. The summed E-state index contributed by atoms with van der Waals surface area (Å²) >= 11 is 0. The first kappa shape index (κ1) is 17.2. The summed E-state index contributed by atoms with van der Waals surface area (Å²) in [4.78, 5) is 19.6. The molecule has 0 aliphatic carbocycles. The summed E-state index contributed by atoms with van der Waals surface area (Å²) in [6, 6.07) is 0. The van der Waals surface area contributed by atoms with Gasteiger partial charge >= 0.3 is 5.97 Å². The monoisotopic (exact) mass is 295 g/mol. The van der Waals surface area contributed by atoms with Gasteiger partial charge in [-0.1, -0.05) is 20.8 Å². The van der Waals surface area contributed by atoms with Crippen LogP contribution in [0.5, 0.6) is 5.88 Å². The van der Waals surface area contributed by atoms with Crippen molar-refractivity contribution in [3.8, 4) is 5.88 Å². The molecule has 1 aromatic heterocycles. The van der Waals surface area contributed by atoms with Crippen LogP contribution in [0.3, 0.4) is 0 Å². The molecule has 0 saturated carbocycles. The van der Waals surface area contributed by atoms with Crippen LogP contribution in [0.1, 0.15) is 41.0 Å². The number of rotatable bonds is 7. The molecule has 0 aliphatic heterocycles. The second-order valence-electron chi connectivity index (χ2n) is 6.59. The number of aromatic nitrogens is 2. The maximum Gasteiger partial charge on any atom is 0.308 e. The number of nitrogens with one attached hydrogen (secondary N) is 1. The summed E-state index contributed by atoms with van der Waals surface area (Å²) in [7, 11) is 0. The number of ether oxygens (including phenoxy) is 1. The van der Waals surface area contributed by atoms with Gasteiger partial charge in [-0.25, -0.2) is 0 Å². The minimum atomic E-state index is -0.806. The van der Waals surface area contributed by atoms with E-state index in [1.54, 1.807) is 6.20 Å². The van der Waals surface area contributed by atoms with E-state index in [1.807, 2.05) is 34.6 Å². The highest BCUT2D eigenvalue weighted by atomic mass is 16.5. The Balaban J connectivity index is 2.65. The molecule has 0 saturated heterocycles. The molecule has 6 heteroatoms. The number of carboxylic acids is 1. The molecule has 1 atom stereocenters. The fraction of sp³-hybridized carbons (Fsp3) is 0.667. The number of nitrogens with zero attached hydrogens (tertiary/aromatic N) is 2. The van der Waals surface area contributed by atoms with Crippen molar-refractivity contribution in [2.45, 2.75) is 47.1 Å². The molecule has 0 radical (unpaired) electrons. The van der Waals surface area contributed by atoms with Crippen LogP contribution in [0.15, 0.2) is 12.4 Å². The molecule has 0 bridgehead atoms. The lowest BCUT2D eigenvalue weighted by atomic mass is 9.84. The Labute approximate surface area is 126 Å². The standard InChI is InChI=1S/C15H25N3O3/c1-10(2)21-13-9-16-8-12(18-13)17-7-11(14(19)20)6-15(3,4)5/h8-11H,6-7H2,1-5H3,(H,17,18)(H,19,20). The zero-order chi connectivity index (χ0) is 16.0. The largest absolute Gasteiger partial charge is 0.481 e. The number of anilines is 1.